The van der Waals surface area contributed by atoms with E-state index in [2.05, 4.69) is 60.7 Å². The van der Waals surface area contributed by atoms with E-state index in [1.807, 2.05) is 93.5 Å². The maximum atomic E-state index is 15.5. The van der Waals surface area contributed by atoms with Crippen molar-refractivity contribution in [2.24, 2.45) is 5.92 Å². The second kappa shape index (κ2) is 16.6. The average Bonchev–Trinajstić information content (AvgIpc) is 3.89. The van der Waals surface area contributed by atoms with Crippen LogP contribution in [-0.2, 0) is 33.0 Å². The van der Waals surface area contributed by atoms with E-state index < -0.39 is 13.7 Å². The molecule has 8 rings (SSSR count). The summed E-state index contributed by atoms with van der Waals surface area (Å²) in [6, 6.07) is 34.6. The number of anilines is 2. The Kier molecular flexibility index (Phi) is 11.4. The summed E-state index contributed by atoms with van der Waals surface area (Å²) in [6.07, 6.45) is 6.76. The van der Waals surface area contributed by atoms with E-state index in [4.69, 9.17) is 9.47 Å². The molecule has 5 aromatic rings. The van der Waals surface area contributed by atoms with E-state index >= 15 is 4.79 Å². The van der Waals surface area contributed by atoms with Gasteiger partial charge in [0.25, 0.3) is 5.91 Å². The van der Waals surface area contributed by atoms with Crippen molar-refractivity contribution >= 4 is 36.4 Å². The van der Waals surface area contributed by atoms with Gasteiger partial charge in [0.2, 0.25) is 5.91 Å². The van der Waals surface area contributed by atoms with Gasteiger partial charge in [-0.3, -0.25) is 14.3 Å². The number of rotatable bonds is 12. The lowest BCUT2D eigenvalue weighted by Crippen LogP contribution is -2.51. The molecule has 5 atom stereocenters. The standard InChI is InChI=1S/C47H55N5O5Si/c1-33-45(58(3,4)38-23-21-37(56-2)22-24-38)43(26-28-50-31-41(48-49-50)39(32-53)35-17-11-8-12-18-35)57-47(33)40-29-36(51-27-14-6-5-13-19-44(51)54)20-25-42(40)52(46(47)55)30-34-15-9-7-10-16-34/h7-12,15-18,20-25,29,31,33,39,43,45,53H,5-6,13-14,19,26-28,30,32H2,1-4H3/t33-,39?,43+,45-,47+/m1/s1. The van der Waals surface area contributed by atoms with Gasteiger partial charge in [0.05, 0.1) is 51.7 Å². The van der Waals surface area contributed by atoms with Crippen LogP contribution in [0.3, 0.4) is 0 Å². The molecule has 2 amide bonds. The molecule has 3 aliphatic heterocycles. The smallest absolute Gasteiger partial charge is 0.264 e. The van der Waals surface area contributed by atoms with E-state index in [9.17, 15) is 9.90 Å². The number of carbonyl (C=O) groups is 2. The highest BCUT2D eigenvalue weighted by Gasteiger charge is 2.66. The number of aryl methyl sites for hydroxylation is 1. The molecule has 58 heavy (non-hydrogen) atoms. The minimum absolute atomic E-state index is 0.0267. The molecule has 2 fully saturated rings. The fourth-order valence-corrected chi connectivity index (χ4v) is 14.1. The van der Waals surface area contributed by atoms with Crippen LogP contribution in [-0.4, -0.2) is 66.4 Å². The third-order valence-electron chi connectivity index (χ3n) is 13.1. The molecule has 0 aliphatic carbocycles. The lowest BCUT2D eigenvalue weighted by Gasteiger charge is -2.37. The van der Waals surface area contributed by atoms with Crippen LogP contribution in [0.1, 0.15) is 73.8 Å². The second-order valence-corrected chi connectivity index (χ2v) is 21.5. The number of benzene rings is 4. The number of aliphatic hydroxyl groups excluding tert-OH is 1. The monoisotopic (exact) mass is 797 g/mol. The zero-order chi connectivity index (χ0) is 40.4. The Bertz CT molecular complexity index is 2210. The van der Waals surface area contributed by atoms with Gasteiger partial charge in [-0.15, -0.1) is 5.10 Å². The molecule has 1 spiro atoms. The number of ether oxygens (including phenoxy) is 2. The van der Waals surface area contributed by atoms with Crippen molar-refractivity contribution in [3.63, 3.8) is 0 Å². The number of aromatic nitrogens is 3. The number of methoxy groups -OCH3 is 1. The first-order valence-corrected chi connectivity index (χ1v) is 23.9. The zero-order valence-corrected chi connectivity index (χ0v) is 35.1. The summed E-state index contributed by atoms with van der Waals surface area (Å²) < 4.78 is 14.9. The number of fused-ring (bicyclic) bond motifs is 2. The maximum Gasteiger partial charge on any atom is 0.264 e. The van der Waals surface area contributed by atoms with E-state index in [-0.39, 0.29) is 41.9 Å². The molecule has 0 saturated carbocycles. The quantitative estimate of drug-likeness (QED) is 0.130. The molecule has 1 aromatic heterocycles. The summed E-state index contributed by atoms with van der Waals surface area (Å²) in [6.45, 7) is 8.51. The van der Waals surface area contributed by atoms with E-state index in [0.29, 0.717) is 38.2 Å². The van der Waals surface area contributed by atoms with Gasteiger partial charge < -0.3 is 24.4 Å². The molecule has 0 radical (unpaired) electrons. The molecular formula is C47H55N5O5Si. The summed E-state index contributed by atoms with van der Waals surface area (Å²) >= 11 is 0. The van der Waals surface area contributed by atoms with Gasteiger partial charge in [0.1, 0.15) is 5.75 Å². The van der Waals surface area contributed by atoms with Crippen molar-refractivity contribution in [1.82, 2.24) is 15.0 Å². The first-order chi connectivity index (χ1) is 28.1. The molecule has 0 bridgehead atoms. The number of nitrogens with zero attached hydrogens (tertiary/aromatic N) is 5. The van der Waals surface area contributed by atoms with Crippen molar-refractivity contribution in [2.45, 2.75) is 94.8 Å². The third kappa shape index (κ3) is 7.28. The van der Waals surface area contributed by atoms with Crippen molar-refractivity contribution < 1.29 is 24.2 Å². The fraction of sp³-hybridized carbons (Fsp3) is 0.404. The predicted octanol–water partition coefficient (Wildman–Crippen LogP) is 7.56. The normalized spacial score (nSPS) is 22.9. The minimum Gasteiger partial charge on any atom is -0.497 e. The average molecular weight is 798 g/mol. The lowest BCUT2D eigenvalue weighted by molar-refractivity contribution is -0.146. The molecule has 1 N–H and O–H groups in total. The Hall–Kier alpha value is -5.10. The Morgan fingerprint density at radius 1 is 0.931 bits per heavy atom. The molecule has 4 aromatic carbocycles. The zero-order valence-electron chi connectivity index (χ0n) is 34.1. The van der Waals surface area contributed by atoms with E-state index in [1.165, 1.54) is 5.19 Å². The van der Waals surface area contributed by atoms with Gasteiger partial charge in [-0.05, 0) is 66.3 Å². The van der Waals surface area contributed by atoms with Gasteiger partial charge in [0, 0.05) is 42.9 Å². The van der Waals surface area contributed by atoms with E-state index in [0.717, 1.165) is 59.5 Å². The summed E-state index contributed by atoms with van der Waals surface area (Å²) in [5, 5.41) is 20.7. The molecule has 1 unspecified atom stereocenters. The van der Waals surface area contributed by atoms with Crippen LogP contribution < -0.4 is 19.7 Å². The Labute approximate surface area is 342 Å². The van der Waals surface area contributed by atoms with Crippen LogP contribution >= 0.6 is 0 Å². The molecule has 3 aliphatic rings. The van der Waals surface area contributed by atoms with Crippen LogP contribution in [0.2, 0.25) is 18.6 Å². The first kappa shape index (κ1) is 39.7. The third-order valence-corrected chi connectivity index (χ3v) is 17.4. The molecular weight excluding hydrogens is 743 g/mol. The minimum atomic E-state index is -2.41. The van der Waals surface area contributed by atoms with Gasteiger partial charge in [-0.2, -0.15) is 0 Å². The van der Waals surface area contributed by atoms with Crippen molar-refractivity contribution in [2.75, 3.05) is 30.1 Å². The van der Waals surface area contributed by atoms with Crippen LogP contribution in [0.15, 0.2) is 109 Å². The van der Waals surface area contributed by atoms with Gasteiger partial charge in [-0.1, -0.05) is 116 Å². The largest absolute Gasteiger partial charge is 0.497 e. The molecule has 2 saturated heterocycles. The van der Waals surface area contributed by atoms with Gasteiger partial charge in [-0.25, -0.2) is 0 Å². The number of carbonyl (C=O) groups excluding carboxylic acids is 2. The number of amides is 2. The predicted molar refractivity (Wildman–Crippen MR) is 229 cm³/mol. The number of hydrogen-bond donors (Lipinski definition) is 1. The van der Waals surface area contributed by atoms with Gasteiger partial charge in [0.15, 0.2) is 5.60 Å². The Morgan fingerprint density at radius 3 is 2.38 bits per heavy atom. The van der Waals surface area contributed by atoms with Crippen LogP contribution in [0.25, 0.3) is 0 Å². The maximum absolute atomic E-state index is 15.5. The van der Waals surface area contributed by atoms with Gasteiger partial charge >= 0.3 is 0 Å². The lowest BCUT2D eigenvalue weighted by atomic mass is 9.82. The van der Waals surface area contributed by atoms with Crippen molar-refractivity contribution in [1.29, 1.82) is 0 Å². The highest BCUT2D eigenvalue weighted by Crippen LogP contribution is 2.60. The SMILES string of the molecule is COc1ccc([Si](C)(C)[C@H]2[C@H](CCn3cc(C(CO)c4ccccc4)nn3)O[C@@]3(C(=O)N(Cc4ccccc4)c4ccc(N5CCCCCCC5=O)cc43)[C@@H]2C)cc1. The second-order valence-electron chi connectivity index (χ2n) is 16.8. The van der Waals surface area contributed by atoms with Crippen LogP contribution in [0, 0.1) is 5.92 Å². The summed E-state index contributed by atoms with van der Waals surface area (Å²) in [5.74, 6) is 0.395. The summed E-state index contributed by atoms with van der Waals surface area (Å²) in [5.41, 5.74) is 3.99. The Morgan fingerprint density at radius 2 is 1.66 bits per heavy atom. The first-order valence-electron chi connectivity index (χ1n) is 20.8. The van der Waals surface area contributed by atoms with E-state index in [1.54, 1.807) is 7.11 Å². The summed E-state index contributed by atoms with van der Waals surface area (Å²) in [4.78, 5) is 32.9. The van der Waals surface area contributed by atoms with Crippen molar-refractivity contribution in [3.8, 4) is 5.75 Å². The molecule has 10 nitrogen and oxygen atoms in total. The topological polar surface area (TPSA) is 110 Å². The van der Waals surface area contributed by atoms with Crippen molar-refractivity contribution in [3.05, 3.63) is 132 Å². The Balaban J connectivity index is 1.20. The molecule has 4 heterocycles. The highest BCUT2D eigenvalue weighted by molar-refractivity contribution is 6.91. The van der Waals surface area contributed by atoms with Crippen LogP contribution in [0.5, 0.6) is 5.75 Å². The number of aliphatic hydroxyl groups is 1. The molecule has 11 heteroatoms. The number of hydrogen-bond acceptors (Lipinski definition) is 7. The highest BCUT2D eigenvalue weighted by atomic mass is 28.3. The van der Waals surface area contributed by atoms with Crippen LogP contribution in [0.4, 0.5) is 11.4 Å². The molecule has 302 valence electrons. The fourth-order valence-electron chi connectivity index (χ4n) is 9.99. The summed E-state index contributed by atoms with van der Waals surface area (Å²) in [7, 11) is -0.730.